The van der Waals surface area contributed by atoms with E-state index in [1.165, 1.54) is 0 Å². The van der Waals surface area contributed by atoms with E-state index >= 15 is 0 Å². The lowest BCUT2D eigenvalue weighted by Gasteiger charge is -2.08. The summed E-state index contributed by atoms with van der Waals surface area (Å²) in [6, 6.07) is 6.55. The molecular formula is C12H20N2O3S2. The number of sulfonamides is 1. The number of anilines is 1. The second-order valence-electron chi connectivity index (χ2n) is 3.89. The summed E-state index contributed by atoms with van der Waals surface area (Å²) >= 11 is 0. The molecule has 0 saturated heterocycles. The van der Waals surface area contributed by atoms with Crippen molar-refractivity contribution in [2.24, 2.45) is 0 Å². The minimum Gasteiger partial charge on any atom is -0.385 e. The van der Waals surface area contributed by atoms with Crippen LogP contribution in [-0.4, -0.2) is 37.2 Å². The van der Waals surface area contributed by atoms with Crippen molar-refractivity contribution in [1.29, 1.82) is 0 Å². The molecule has 0 radical (unpaired) electrons. The Labute approximate surface area is 117 Å². The van der Waals surface area contributed by atoms with Crippen molar-refractivity contribution in [1.82, 2.24) is 4.72 Å². The maximum atomic E-state index is 11.9. The quantitative estimate of drug-likeness (QED) is 0.756. The van der Waals surface area contributed by atoms with Gasteiger partial charge in [0.2, 0.25) is 10.0 Å². The molecule has 5 nitrogen and oxygen atoms in total. The van der Waals surface area contributed by atoms with Gasteiger partial charge in [-0.3, -0.25) is 4.21 Å². The maximum Gasteiger partial charge on any atom is 0.240 e. The molecule has 0 aliphatic heterocycles. The Bertz CT molecular complexity index is 512. The summed E-state index contributed by atoms with van der Waals surface area (Å²) in [5.41, 5.74) is 0.883. The Morgan fingerprint density at radius 2 is 1.79 bits per heavy atom. The van der Waals surface area contributed by atoms with E-state index < -0.39 is 20.8 Å². The number of hydrogen-bond acceptors (Lipinski definition) is 4. The fraction of sp³-hybridized carbons (Fsp3) is 0.500. The summed E-state index contributed by atoms with van der Waals surface area (Å²) < 4.78 is 37.6. The summed E-state index contributed by atoms with van der Waals surface area (Å²) in [7, 11) is -4.47. The highest BCUT2D eigenvalue weighted by Crippen LogP contribution is 2.13. The van der Waals surface area contributed by atoms with Crippen LogP contribution >= 0.6 is 0 Å². The second kappa shape index (κ2) is 7.62. The summed E-state index contributed by atoms with van der Waals surface area (Å²) in [5.74, 6) is 0.879. The summed E-state index contributed by atoms with van der Waals surface area (Å²) in [6.07, 6.45) is 0. The molecule has 1 aromatic rings. The third kappa shape index (κ3) is 5.30. The molecular weight excluding hydrogens is 284 g/mol. The van der Waals surface area contributed by atoms with Gasteiger partial charge >= 0.3 is 0 Å². The summed E-state index contributed by atoms with van der Waals surface area (Å²) in [5, 5.41) is 3.10. The minimum atomic E-state index is -3.51. The molecule has 7 heteroatoms. The van der Waals surface area contributed by atoms with Crippen LogP contribution in [0.4, 0.5) is 5.69 Å². The van der Waals surface area contributed by atoms with Gasteiger partial charge in [0.1, 0.15) is 0 Å². The highest BCUT2D eigenvalue weighted by atomic mass is 32.2. The molecule has 0 amide bonds. The standard InChI is InChI=1S/C12H20N2O3S2/c1-3-13-11-5-7-12(8-6-11)19(16,17)14-9-10-18(15)4-2/h5-8,13-14H,3-4,9-10H2,1-2H3. The molecule has 1 aromatic carbocycles. The van der Waals surface area contributed by atoms with Crippen LogP contribution in [-0.2, 0) is 20.8 Å². The molecule has 0 aromatic heterocycles. The van der Waals surface area contributed by atoms with Gasteiger partial charge in [-0.1, -0.05) is 6.92 Å². The summed E-state index contributed by atoms with van der Waals surface area (Å²) in [4.78, 5) is 0.219. The Morgan fingerprint density at radius 1 is 1.16 bits per heavy atom. The van der Waals surface area contributed by atoms with E-state index in [1.54, 1.807) is 24.3 Å². The zero-order valence-electron chi connectivity index (χ0n) is 11.2. The van der Waals surface area contributed by atoms with Gasteiger partial charge in [-0.25, -0.2) is 13.1 Å². The lowest BCUT2D eigenvalue weighted by atomic mass is 10.3. The van der Waals surface area contributed by atoms with Crippen molar-refractivity contribution in [3.63, 3.8) is 0 Å². The normalized spacial score (nSPS) is 13.2. The highest BCUT2D eigenvalue weighted by molar-refractivity contribution is 7.89. The van der Waals surface area contributed by atoms with Gasteiger partial charge in [-0.15, -0.1) is 0 Å². The lowest BCUT2D eigenvalue weighted by Crippen LogP contribution is -2.28. The Balaban J connectivity index is 2.64. The minimum absolute atomic E-state index is 0.192. The van der Waals surface area contributed by atoms with Gasteiger partial charge in [-0.05, 0) is 31.2 Å². The van der Waals surface area contributed by atoms with Crippen molar-refractivity contribution < 1.29 is 12.6 Å². The van der Waals surface area contributed by atoms with E-state index in [-0.39, 0.29) is 11.4 Å². The molecule has 0 aliphatic rings. The average molecular weight is 304 g/mol. The van der Waals surface area contributed by atoms with Gasteiger partial charge in [0, 0.05) is 41.1 Å². The topological polar surface area (TPSA) is 75.3 Å². The molecule has 0 saturated carbocycles. The van der Waals surface area contributed by atoms with Crippen LogP contribution in [0, 0.1) is 0 Å². The van der Waals surface area contributed by atoms with Gasteiger partial charge in [0.15, 0.2) is 0 Å². The molecule has 1 atom stereocenters. The molecule has 19 heavy (non-hydrogen) atoms. The van der Waals surface area contributed by atoms with Crippen molar-refractivity contribution in [3.05, 3.63) is 24.3 Å². The van der Waals surface area contributed by atoms with E-state index in [2.05, 4.69) is 10.0 Å². The van der Waals surface area contributed by atoms with Crippen molar-refractivity contribution in [2.75, 3.05) is 29.9 Å². The van der Waals surface area contributed by atoms with E-state index in [4.69, 9.17) is 0 Å². The van der Waals surface area contributed by atoms with E-state index in [0.29, 0.717) is 11.5 Å². The predicted octanol–water partition coefficient (Wildman–Crippen LogP) is 1.17. The third-order valence-electron chi connectivity index (χ3n) is 2.49. The maximum absolute atomic E-state index is 11.9. The first kappa shape index (κ1) is 16.1. The number of nitrogens with one attached hydrogen (secondary N) is 2. The first-order valence-electron chi connectivity index (χ1n) is 6.18. The van der Waals surface area contributed by atoms with Gasteiger partial charge < -0.3 is 5.32 Å². The zero-order valence-corrected chi connectivity index (χ0v) is 12.8. The van der Waals surface area contributed by atoms with Crippen molar-refractivity contribution >= 4 is 26.5 Å². The molecule has 1 rings (SSSR count). The highest BCUT2D eigenvalue weighted by Gasteiger charge is 2.13. The van der Waals surface area contributed by atoms with Crippen LogP contribution in [0.1, 0.15) is 13.8 Å². The largest absolute Gasteiger partial charge is 0.385 e. The van der Waals surface area contributed by atoms with E-state index in [1.807, 2.05) is 13.8 Å². The van der Waals surface area contributed by atoms with Gasteiger partial charge in [0.05, 0.1) is 4.90 Å². The SMILES string of the molecule is CCNc1ccc(S(=O)(=O)NCCS(=O)CC)cc1. The van der Waals surface area contributed by atoms with Crippen LogP contribution in [0.3, 0.4) is 0 Å². The molecule has 0 bridgehead atoms. The Kier molecular flexibility index (Phi) is 6.47. The van der Waals surface area contributed by atoms with Crippen LogP contribution in [0.2, 0.25) is 0 Å². The van der Waals surface area contributed by atoms with Crippen LogP contribution in [0.15, 0.2) is 29.2 Å². The Morgan fingerprint density at radius 3 is 2.32 bits per heavy atom. The molecule has 0 aliphatic carbocycles. The number of rotatable bonds is 8. The molecule has 0 heterocycles. The third-order valence-corrected chi connectivity index (χ3v) is 5.27. The fourth-order valence-electron chi connectivity index (χ4n) is 1.47. The van der Waals surface area contributed by atoms with Crippen molar-refractivity contribution in [2.45, 2.75) is 18.7 Å². The lowest BCUT2D eigenvalue weighted by molar-refractivity contribution is 0.584. The molecule has 0 fully saturated rings. The van der Waals surface area contributed by atoms with E-state index in [0.717, 1.165) is 12.2 Å². The molecule has 1 unspecified atom stereocenters. The molecule has 2 N–H and O–H groups in total. The van der Waals surface area contributed by atoms with Gasteiger partial charge in [0.25, 0.3) is 0 Å². The molecule has 0 spiro atoms. The molecule has 108 valence electrons. The second-order valence-corrected chi connectivity index (χ2v) is 7.52. The van der Waals surface area contributed by atoms with Gasteiger partial charge in [-0.2, -0.15) is 0 Å². The fourth-order valence-corrected chi connectivity index (χ4v) is 3.25. The van der Waals surface area contributed by atoms with Crippen LogP contribution < -0.4 is 10.0 Å². The zero-order chi connectivity index (χ0) is 14.3. The van der Waals surface area contributed by atoms with Crippen LogP contribution in [0.5, 0.6) is 0 Å². The van der Waals surface area contributed by atoms with Crippen molar-refractivity contribution in [3.8, 4) is 0 Å². The smallest absolute Gasteiger partial charge is 0.240 e. The first-order valence-corrected chi connectivity index (χ1v) is 9.15. The van der Waals surface area contributed by atoms with Crippen LogP contribution in [0.25, 0.3) is 0 Å². The average Bonchev–Trinajstić information content (AvgIpc) is 2.39. The number of hydrogen-bond donors (Lipinski definition) is 2. The number of benzene rings is 1. The summed E-state index contributed by atoms with van der Waals surface area (Å²) in [6.45, 7) is 4.76. The van der Waals surface area contributed by atoms with E-state index in [9.17, 15) is 12.6 Å². The predicted molar refractivity (Wildman–Crippen MR) is 79.3 cm³/mol. The monoisotopic (exact) mass is 304 g/mol. The first-order chi connectivity index (χ1) is 8.99. The Hall–Kier alpha value is -0.920.